The molecule has 0 spiro atoms. The zero-order chi connectivity index (χ0) is 11.8. The molecule has 4 heteroatoms. The van der Waals surface area contributed by atoms with Gasteiger partial charge in [-0.3, -0.25) is 0 Å². The van der Waals surface area contributed by atoms with Crippen molar-refractivity contribution in [1.29, 1.82) is 0 Å². The third kappa shape index (κ3) is 6.71. The molecule has 1 fully saturated rings. The van der Waals surface area contributed by atoms with Gasteiger partial charge in [-0.15, -0.1) is 0 Å². The van der Waals surface area contributed by atoms with Crippen molar-refractivity contribution in [2.45, 2.75) is 44.6 Å². The van der Waals surface area contributed by atoms with Crippen LogP contribution in [-0.4, -0.2) is 36.9 Å². The average Bonchev–Trinajstić information content (AvgIpc) is 2.25. The second-order valence-electron chi connectivity index (χ2n) is 4.79. The summed E-state index contributed by atoms with van der Waals surface area (Å²) >= 11 is 6.96. The van der Waals surface area contributed by atoms with Gasteiger partial charge in [0.2, 0.25) is 4.38 Å². The SMILES string of the molecule is C[NH+](C)CCCSC(=S)OC1CCCCC1. The molecule has 1 N–H and O–H groups in total. The Morgan fingerprint density at radius 1 is 1.31 bits per heavy atom. The van der Waals surface area contributed by atoms with Crippen LogP contribution in [0.3, 0.4) is 0 Å². The number of hydrogen-bond donors (Lipinski definition) is 1. The van der Waals surface area contributed by atoms with Gasteiger partial charge in [-0.05, 0) is 37.9 Å². The molecule has 0 aromatic rings. The number of thiocarbonyl (C=S) groups is 1. The minimum atomic E-state index is 0.410. The Balaban J connectivity index is 2.01. The van der Waals surface area contributed by atoms with Crippen molar-refractivity contribution in [2.24, 2.45) is 0 Å². The molecule has 1 aliphatic rings. The van der Waals surface area contributed by atoms with Crippen molar-refractivity contribution < 1.29 is 9.64 Å². The van der Waals surface area contributed by atoms with Crippen LogP contribution in [0.2, 0.25) is 0 Å². The van der Waals surface area contributed by atoms with Crippen LogP contribution in [0.1, 0.15) is 38.5 Å². The number of thioether (sulfide) groups is 1. The predicted molar refractivity (Wildman–Crippen MR) is 75.3 cm³/mol. The van der Waals surface area contributed by atoms with Crippen molar-refractivity contribution in [3.63, 3.8) is 0 Å². The van der Waals surface area contributed by atoms with E-state index in [1.165, 1.54) is 50.0 Å². The number of hydrogen-bond acceptors (Lipinski definition) is 3. The standard InChI is InChI=1S/C12H23NOS2/c1-13(2)9-6-10-16-12(15)14-11-7-4-3-5-8-11/h11H,3-10H2,1-2H3/p+1. The highest BCUT2D eigenvalue weighted by Crippen LogP contribution is 2.22. The van der Waals surface area contributed by atoms with Crippen LogP contribution in [0.5, 0.6) is 0 Å². The van der Waals surface area contributed by atoms with Crippen molar-refractivity contribution in [1.82, 2.24) is 0 Å². The summed E-state index contributed by atoms with van der Waals surface area (Å²) in [5.74, 6) is 1.09. The summed E-state index contributed by atoms with van der Waals surface area (Å²) in [5, 5.41) is 0. The number of rotatable bonds is 5. The van der Waals surface area contributed by atoms with Gasteiger partial charge in [0.15, 0.2) is 0 Å². The summed E-state index contributed by atoms with van der Waals surface area (Å²) < 4.78 is 6.55. The summed E-state index contributed by atoms with van der Waals surface area (Å²) in [6.45, 7) is 1.21. The van der Waals surface area contributed by atoms with Crippen LogP contribution in [0, 0.1) is 0 Å². The van der Waals surface area contributed by atoms with E-state index < -0.39 is 0 Å². The van der Waals surface area contributed by atoms with Gasteiger partial charge >= 0.3 is 0 Å². The van der Waals surface area contributed by atoms with Gasteiger partial charge < -0.3 is 9.64 Å². The first kappa shape index (κ1) is 14.3. The van der Waals surface area contributed by atoms with Crippen molar-refractivity contribution >= 4 is 28.4 Å². The third-order valence-corrected chi connectivity index (χ3v) is 4.13. The van der Waals surface area contributed by atoms with Gasteiger partial charge in [0.1, 0.15) is 6.10 Å². The molecule has 0 radical (unpaired) electrons. The summed E-state index contributed by atoms with van der Waals surface area (Å²) in [6, 6.07) is 0. The minimum absolute atomic E-state index is 0.410. The number of ether oxygens (including phenoxy) is 1. The molecule has 0 aromatic heterocycles. The van der Waals surface area contributed by atoms with E-state index in [1.54, 1.807) is 11.8 Å². The highest BCUT2D eigenvalue weighted by Gasteiger charge is 2.15. The third-order valence-electron chi connectivity index (χ3n) is 2.86. The molecule has 0 atom stereocenters. The second kappa shape index (κ2) is 8.31. The van der Waals surface area contributed by atoms with Gasteiger partial charge in [0.25, 0.3) is 0 Å². The Morgan fingerprint density at radius 3 is 2.62 bits per heavy atom. The zero-order valence-corrected chi connectivity index (χ0v) is 12.1. The van der Waals surface area contributed by atoms with E-state index in [-0.39, 0.29) is 0 Å². The Hall–Kier alpha value is 0.200. The molecular formula is C12H24NOS2+. The summed E-state index contributed by atoms with van der Waals surface area (Å²) in [4.78, 5) is 1.50. The molecule has 16 heavy (non-hydrogen) atoms. The molecule has 1 rings (SSSR count). The van der Waals surface area contributed by atoms with E-state index in [9.17, 15) is 0 Å². The molecule has 0 unspecified atom stereocenters. The Bertz CT molecular complexity index is 203. The average molecular weight is 262 g/mol. The lowest BCUT2D eigenvalue weighted by Gasteiger charge is -2.22. The summed E-state index contributed by atoms with van der Waals surface area (Å²) in [7, 11) is 4.36. The predicted octanol–water partition coefficient (Wildman–Crippen LogP) is 1.89. The van der Waals surface area contributed by atoms with E-state index in [0.717, 1.165) is 10.1 Å². The Kier molecular flexibility index (Phi) is 7.41. The molecular weight excluding hydrogens is 238 g/mol. The fourth-order valence-corrected chi connectivity index (χ4v) is 2.98. The maximum absolute atomic E-state index is 5.79. The van der Waals surface area contributed by atoms with Gasteiger partial charge in [-0.1, -0.05) is 18.2 Å². The Labute approximate surface area is 109 Å². The summed E-state index contributed by atoms with van der Waals surface area (Å²) in [6.07, 6.45) is 8.00. The molecule has 0 amide bonds. The fourth-order valence-electron chi connectivity index (χ4n) is 1.93. The normalized spacial score (nSPS) is 17.7. The van der Waals surface area contributed by atoms with Crippen molar-refractivity contribution in [3.05, 3.63) is 0 Å². The van der Waals surface area contributed by atoms with Gasteiger partial charge in [-0.25, -0.2) is 0 Å². The van der Waals surface area contributed by atoms with E-state index >= 15 is 0 Å². The zero-order valence-electron chi connectivity index (χ0n) is 10.5. The van der Waals surface area contributed by atoms with E-state index in [1.807, 2.05) is 0 Å². The molecule has 0 saturated heterocycles. The highest BCUT2D eigenvalue weighted by atomic mass is 32.2. The van der Waals surface area contributed by atoms with Crippen LogP contribution in [0.15, 0.2) is 0 Å². The fraction of sp³-hybridized carbons (Fsp3) is 0.917. The van der Waals surface area contributed by atoms with Crippen molar-refractivity contribution in [2.75, 3.05) is 26.4 Å². The molecule has 2 nitrogen and oxygen atoms in total. The maximum Gasteiger partial charge on any atom is 0.220 e. The van der Waals surface area contributed by atoms with Gasteiger partial charge in [-0.2, -0.15) is 0 Å². The monoisotopic (exact) mass is 262 g/mol. The largest absolute Gasteiger partial charge is 0.475 e. The molecule has 0 aliphatic heterocycles. The summed E-state index contributed by atoms with van der Waals surface area (Å²) in [5.41, 5.74) is 0. The van der Waals surface area contributed by atoms with Gasteiger partial charge in [0.05, 0.1) is 20.6 Å². The molecule has 0 aromatic carbocycles. The van der Waals surface area contributed by atoms with E-state index in [0.29, 0.717) is 6.10 Å². The Morgan fingerprint density at radius 2 is 2.00 bits per heavy atom. The molecule has 94 valence electrons. The smallest absolute Gasteiger partial charge is 0.220 e. The van der Waals surface area contributed by atoms with Crippen LogP contribution in [-0.2, 0) is 4.74 Å². The van der Waals surface area contributed by atoms with Gasteiger partial charge in [0, 0.05) is 12.2 Å². The molecule has 0 bridgehead atoms. The van der Waals surface area contributed by atoms with Crippen LogP contribution < -0.4 is 4.90 Å². The first-order valence-corrected chi connectivity index (χ1v) is 7.70. The topological polar surface area (TPSA) is 13.7 Å². The van der Waals surface area contributed by atoms with Crippen LogP contribution in [0.25, 0.3) is 0 Å². The number of quaternary nitrogens is 1. The van der Waals surface area contributed by atoms with Crippen molar-refractivity contribution in [3.8, 4) is 0 Å². The molecule has 1 saturated carbocycles. The molecule has 0 heterocycles. The number of nitrogens with one attached hydrogen (secondary N) is 1. The second-order valence-corrected chi connectivity index (χ2v) is 6.48. The lowest BCUT2D eigenvalue weighted by atomic mass is 9.98. The quantitative estimate of drug-likeness (QED) is 0.601. The van der Waals surface area contributed by atoms with E-state index in [2.05, 4.69) is 14.1 Å². The van der Waals surface area contributed by atoms with E-state index in [4.69, 9.17) is 17.0 Å². The first-order chi connectivity index (χ1) is 7.68. The van der Waals surface area contributed by atoms with Crippen LogP contribution in [0.4, 0.5) is 0 Å². The molecule has 1 aliphatic carbocycles. The maximum atomic E-state index is 5.79. The highest BCUT2D eigenvalue weighted by molar-refractivity contribution is 8.22. The lowest BCUT2D eigenvalue weighted by Crippen LogP contribution is -3.05. The lowest BCUT2D eigenvalue weighted by molar-refractivity contribution is -0.858. The van der Waals surface area contributed by atoms with Crippen LogP contribution >= 0.6 is 24.0 Å². The minimum Gasteiger partial charge on any atom is -0.475 e. The first-order valence-electron chi connectivity index (χ1n) is 6.31.